The van der Waals surface area contributed by atoms with E-state index < -0.39 is 18.2 Å². The van der Waals surface area contributed by atoms with Crippen LogP contribution in [0.15, 0.2) is 60.7 Å². The van der Waals surface area contributed by atoms with Crippen LogP contribution in [0, 0.1) is 0 Å². The van der Waals surface area contributed by atoms with Gasteiger partial charge in [-0.1, -0.05) is 60.7 Å². The molecule has 0 bridgehead atoms. The average molecular weight is 298 g/mol. The second-order valence-corrected chi connectivity index (χ2v) is 5.45. The van der Waals surface area contributed by atoms with Crippen LogP contribution in [-0.2, 0) is 11.2 Å². The van der Waals surface area contributed by atoms with Gasteiger partial charge in [0.1, 0.15) is 0 Å². The topological polar surface area (TPSA) is 75.4 Å². The summed E-state index contributed by atoms with van der Waals surface area (Å²) in [6.07, 6.45) is -0.282. The number of nitrogens with two attached hydrogens (primary N) is 1. The van der Waals surface area contributed by atoms with Crippen LogP contribution in [0.5, 0.6) is 0 Å². The SMILES string of the molecule is C[C@H](NC(=O)[C@H](N)Cc1ccccc1)[C@@H](O)c1ccccc1. The molecule has 0 heterocycles. The Labute approximate surface area is 131 Å². The van der Waals surface area contributed by atoms with E-state index in [-0.39, 0.29) is 5.91 Å². The summed E-state index contributed by atoms with van der Waals surface area (Å²) >= 11 is 0. The van der Waals surface area contributed by atoms with E-state index in [2.05, 4.69) is 5.32 Å². The monoisotopic (exact) mass is 298 g/mol. The number of aliphatic hydroxyl groups is 1. The number of nitrogens with one attached hydrogen (secondary N) is 1. The molecule has 2 aromatic carbocycles. The summed E-state index contributed by atoms with van der Waals surface area (Å²) < 4.78 is 0. The Balaban J connectivity index is 1.90. The van der Waals surface area contributed by atoms with Crippen LogP contribution in [-0.4, -0.2) is 23.1 Å². The molecule has 0 aliphatic carbocycles. The molecule has 4 heteroatoms. The molecule has 116 valence electrons. The predicted molar refractivity (Wildman–Crippen MR) is 87.1 cm³/mol. The van der Waals surface area contributed by atoms with Crippen molar-refractivity contribution in [2.24, 2.45) is 5.73 Å². The molecule has 4 N–H and O–H groups in total. The van der Waals surface area contributed by atoms with Gasteiger partial charge >= 0.3 is 0 Å². The molecule has 22 heavy (non-hydrogen) atoms. The van der Waals surface area contributed by atoms with Gasteiger partial charge in [-0.3, -0.25) is 4.79 Å². The highest BCUT2D eigenvalue weighted by molar-refractivity contribution is 5.82. The molecule has 0 aliphatic heterocycles. The van der Waals surface area contributed by atoms with Crippen molar-refractivity contribution in [1.82, 2.24) is 5.32 Å². The zero-order valence-electron chi connectivity index (χ0n) is 12.6. The highest BCUT2D eigenvalue weighted by atomic mass is 16.3. The van der Waals surface area contributed by atoms with Crippen LogP contribution in [0.2, 0.25) is 0 Å². The van der Waals surface area contributed by atoms with Gasteiger partial charge in [-0.25, -0.2) is 0 Å². The number of carbonyl (C=O) groups is 1. The first-order valence-electron chi connectivity index (χ1n) is 7.41. The maximum Gasteiger partial charge on any atom is 0.237 e. The summed E-state index contributed by atoms with van der Waals surface area (Å²) in [7, 11) is 0. The van der Waals surface area contributed by atoms with Crippen molar-refractivity contribution in [2.75, 3.05) is 0 Å². The molecule has 3 atom stereocenters. The third-order valence-electron chi connectivity index (χ3n) is 3.62. The van der Waals surface area contributed by atoms with Crippen molar-refractivity contribution in [3.8, 4) is 0 Å². The first-order chi connectivity index (χ1) is 10.6. The predicted octanol–water partition coefficient (Wildman–Crippen LogP) is 1.79. The third-order valence-corrected chi connectivity index (χ3v) is 3.62. The summed E-state index contributed by atoms with van der Waals surface area (Å²) in [5.41, 5.74) is 7.73. The van der Waals surface area contributed by atoms with Gasteiger partial charge in [0, 0.05) is 0 Å². The van der Waals surface area contributed by atoms with Gasteiger partial charge in [0.25, 0.3) is 0 Å². The molecule has 0 aromatic heterocycles. The minimum absolute atomic E-state index is 0.258. The van der Waals surface area contributed by atoms with Crippen molar-refractivity contribution < 1.29 is 9.90 Å². The van der Waals surface area contributed by atoms with Crippen LogP contribution in [0.1, 0.15) is 24.2 Å². The number of amides is 1. The van der Waals surface area contributed by atoms with Crippen LogP contribution in [0.3, 0.4) is 0 Å². The van der Waals surface area contributed by atoms with Gasteiger partial charge in [0.05, 0.1) is 18.2 Å². The lowest BCUT2D eigenvalue weighted by Gasteiger charge is -2.22. The molecule has 0 spiro atoms. The van der Waals surface area contributed by atoms with Crippen molar-refractivity contribution in [1.29, 1.82) is 0 Å². The molecule has 0 radical (unpaired) electrons. The van der Waals surface area contributed by atoms with E-state index in [1.54, 1.807) is 6.92 Å². The Hall–Kier alpha value is -2.17. The van der Waals surface area contributed by atoms with E-state index in [4.69, 9.17) is 5.73 Å². The maximum absolute atomic E-state index is 12.1. The molecule has 0 fully saturated rings. The first-order valence-corrected chi connectivity index (χ1v) is 7.41. The summed E-state index contributed by atoms with van der Waals surface area (Å²) in [6, 6.07) is 17.9. The average Bonchev–Trinajstić information content (AvgIpc) is 2.55. The molecule has 0 unspecified atom stereocenters. The van der Waals surface area contributed by atoms with Gasteiger partial charge in [0.15, 0.2) is 0 Å². The molecule has 1 amide bonds. The van der Waals surface area contributed by atoms with Gasteiger partial charge in [-0.2, -0.15) is 0 Å². The Morgan fingerprint density at radius 3 is 2.23 bits per heavy atom. The van der Waals surface area contributed by atoms with Crippen LogP contribution in [0.4, 0.5) is 0 Å². The quantitative estimate of drug-likeness (QED) is 0.761. The summed E-state index contributed by atoms with van der Waals surface area (Å²) in [5, 5.41) is 13.0. The standard InChI is InChI=1S/C18H22N2O2/c1-13(17(21)15-10-6-3-7-11-15)20-18(22)16(19)12-14-8-4-2-5-9-14/h2-11,13,16-17,21H,12,19H2,1H3,(H,20,22)/t13-,16+,17+/m0/s1. The first kappa shape index (κ1) is 16.2. The van der Waals surface area contributed by atoms with E-state index in [0.29, 0.717) is 6.42 Å². The smallest absolute Gasteiger partial charge is 0.237 e. The van der Waals surface area contributed by atoms with Crippen molar-refractivity contribution in [3.05, 3.63) is 71.8 Å². The van der Waals surface area contributed by atoms with E-state index in [1.807, 2.05) is 60.7 Å². The van der Waals surface area contributed by atoms with Crippen LogP contribution in [0.25, 0.3) is 0 Å². The molecule has 4 nitrogen and oxygen atoms in total. The highest BCUT2D eigenvalue weighted by Crippen LogP contribution is 2.16. The van der Waals surface area contributed by atoms with Crippen molar-refractivity contribution in [3.63, 3.8) is 0 Å². The normalized spacial score (nSPS) is 14.9. The molecular formula is C18H22N2O2. The second-order valence-electron chi connectivity index (χ2n) is 5.45. The second kappa shape index (κ2) is 7.73. The van der Waals surface area contributed by atoms with Crippen LogP contribution >= 0.6 is 0 Å². The third kappa shape index (κ3) is 4.41. The lowest BCUT2D eigenvalue weighted by atomic mass is 10.0. The fourth-order valence-corrected chi connectivity index (χ4v) is 2.31. The van der Waals surface area contributed by atoms with E-state index in [1.165, 1.54) is 0 Å². The van der Waals surface area contributed by atoms with Gasteiger partial charge in [-0.05, 0) is 24.5 Å². The number of hydrogen-bond donors (Lipinski definition) is 3. The van der Waals surface area contributed by atoms with Crippen molar-refractivity contribution >= 4 is 5.91 Å². The fraction of sp³-hybridized carbons (Fsp3) is 0.278. The van der Waals surface area contributed by atoms with Gasteiger partial charge in [-0.15, -0.1) is 0 Å². The number of carbonyl (C=O) groups excluding carboxylic acids is 1. The molecule has 2 rings (SSSR count). The van der Waals surface area contributed by atoms with E-state index in [9.17, 15) is 9.90 Å². The lowest BCUT2D eigenvalue weighted by molar-refractivity contribution is -0.123. The number of benzene rings is 2. The van der Waals surface area contributed by atoms with Crippen LogP contribution < -0.4 is 11.1 Å². The number of aliphatic hydroxyl groups excluding tert-OH is 1. The number of hydrogen-bond acceptors (Lipinski definition) is 3. The van der Waals surface area contributed by atoms with E-state index >= 15 is 0 Å². The summed E-state index contributed by atoms with van der Waals surface area (Å²) in [5.74, 6) is -0.258. The Morgan fingerprint density at radius 2 is 1.64 bits per heavy atom. The molecule has 0 aliphatic rings. The largest absolute Gasteiger partial charge is 0.386 e. The zero-order valence-corrected chi connectivity index (χ0v) is 12.6. The van der Waals surface area contributed by atoms with E-state index in [0.717, 1.165) is 11.1 Å². The molecule has 0 saturated carbocycles. The minimum atomic E-state index is -0.755. The Morgan fingerprint density at radius 1 is 1.09 bits per heavy atom. The van der Waals surface area contributed by atoms with Gasteiger partial charge < -0.3 is 16.2 Å². The molecule has 2 aromatic rings. The Bertz CT molecular complexity index is 587. The maximum atomic E-state index is 12.1. The molecule has 0 saturated heterocycles. The summed E-state index contributed by atoms with van der Waals surface area (Å²) in [6.45, 7) is 1.77. The lowest BCUT2D eigenvalue weighted by Crippen LogP contribution is -2.47. The Kier molecular flexibility index (Phi) is 5.69. The van der Waals surface area contributed by atoms with Gasteiger partial charge in [0.2, 0.25) is 5.91 Å². The fourth-order valence-electron chi connectivity index (χ4n) is 2.31. The summed E-state index contributed by atoms with van der Waals surface area (Å²) in [4.78, 5) is 12.1. The number of rotatable bonds is 6. The zero-order chi connectivity index (χ0) is 15.9. The van der Waals surface area contributed by atoms with Crippen molar-refractivity contribution in [2.45, 2.75) is 31.5 Å². The highest BCUT2D eigenvalue weighted by Gasteiger charge is 2.21. The molecular weight excluding hydrogens is 276 g/mol. The minimum Gasteiger partial charge on any atom is -0.386 e.